The molecule has 18 heavy (non-hydrogen) atoms. The lowest BCUT2D eigenvalue weighted by molar-refractivity contribution is 0.153. The smallest absolute Gasteiger partial charge is 0.0552 e. The van der Waals surface area contributed by atoms with E-state index in [2.05, 4.69) is 48.5 Å². The first-order chi connectivity index (χ1) is 8.84. The molecule has 0 aromatic heterocycles. The predicted octanol–water partition coefficient (Wildman–Crippen LogP) is 3.52. The van der Waals surface area contributed by atoms with Gasteiger partial charge in [0.05, 0.1) is 6.10 Å². The lowest BCUT2D eigenvalue weighted by Crippen LogP contribution is -2.10. The van der Waals surface area contributed by atoms with Crippen LogP contribution in [0, 0.1) is 0 Å². The topological polar surface area (TPSA) is 20.2 Å². The monoisotopic (exact) mass is 238 g/mol. The van der Waals surface area contributed by atoms with Crippen LogP contribution in [0.1, 0.15) is 35.4 Å². The fraction of sp³-hybridized carbons (Fsp3) is 0.294. The summed E-state index contributed by atoms with van der Waals surface area (Å²) in [5.74, 6) is 0.333. The van der Waals surface area contributed by atoms with Crippen LogP contribution in [0.4, 0.5) is 0 Å². The van der Waals surface area contributed by atoms with Crippen LogP contribution in [-0.4, -0.2) is 11.2 Å². The second kappa shape index (κ2) is 4.95. The van der Waals surface area contributed by atoms with E-state index in [4.69, 9.17) is 0 Å². The number of aryl methyl sites for hydroxylation is 1. The summed E-state index contributed by atoms with van der Waals surface area (Å²) in [6.07, 6.45) is 2.50. The molecule has 2 aromatic rings. The summed E-state index contributed by atoms with van der Waals surface area (Å²) in [5, 5.41) is 10.1. The van der Waals surface area contributed by atoms with Gasteiger partial charge in [-0.3, -0.25) is 0 Å². The van der Waals surface area contributed by atoms with Crippen molar-refractivity contribution in [3.05, 3.63) is 71.3 Å². The molecule has 0 unspecified atom stereocenters. The lowest BCUT2D eigenvalue weighted by atomic mass is 9.86. The van der Waals surface area contributed by atoms with E-state index in [0.717, 1.165) is 19.3 Å². The van der Waals surface area contributed by atoms with Crippen LogP contribution < -0.4 is 0 Å². The maximum absolute atomic E-state index is 10.1. The van der Waals surface area contributed by atoms with E-state index < -0.39 is 0 Å². The number of fused-ring (bicyclic) bond motifs is 1. The number of aliphatic hydroxyl groups is 1. The van der Waals surface area contributed by atoms with Crippen LogP contribution in [0.25, 0.3) is 0 Å². The predicted molar refractivity (Wildman–Crippen MR) is 73.7 cm³/mol. The van der Waals surface area contributed by atoms with Crippen molar-refractivity contribution in [1.29, 1.82) is 0 Å². The average molecular weight is 238 g/mol. The molecule has 0 radical (unpaired) electrons. The number of benzene rings is 2. The van der Waals surface area contributed by atoms with E-state index in [9.17, 15) is 5.11 Å². The zero-order valence-corrected chi connectivity index (χ0v) is 10.4. The van der Waals surface area contributed by atoms with Crippen molar-refractivity contribution >= 4 is 0 Å². The number of rotatable bonds is 1. The van der Waals surface area contributed by atoms with Crippen LogP contribution in [-0.2, 0) is 6.42 Å². The molecule has 0 amide bonds. The Kier molecular flexibility index (Phi) is 3.16. The number of aliphatic hydroxyl groups excluding tert-OH is 1. The summed E-state index contributed by atoms with van der Waals surface area (Å²) in [6, 6.07) is 19.1. The molecule has 1 aliphatic rings. The van der Waals surface area contributed by atoms with Crippen molar-refractivity contribution < 1.29 is 5.11 Å². The first-order valence-electron chi connectivity index (χ1n) is 6.65. The highest BCUT2D eigenvalue weighted by molar-refractivity contribution is 5.39. The van der Waals surface area contributed by atoms with Gasteiger partial charge < -0.3 is 5.11 Å². The molecule has 0 saturated heterocycles. The minimum absolute atomic E-state index is 0.192. The summed E-state index contributed by atoms with van der Waals surface area (Å²) < 4.78 is 0. The Hall–Kier alpha value is -1.60. The van der Waals surface area contributed by atoms with Gasteiger partial charge in [-0.2, -0.15) is 0 Å². The van der Waals surface area contributed by atoms with E-state index in [1.54, 1.807) is 0 Å². The zero-order chi connectivity index (χ0) is 12.4. The van der Waals surface area contributed by atoms with E-state index >= 15 is 0 Å². The molecule has 0 saturated carbocycles. The number of hydrogen-bond acceptors (Lipinski definition) is 1. The van der Waals surface area contributed by atoms with Gasteiger partial charge in [-0.05, 0) is 36.0 Å². The van der Waals surface area contributed by atoms with E-state index in [1.807, 2.05) is 6.07 Å². The van der Waals surface area contributed by atoms with Crippen LogP contribution in [0.3, 0.4) is 0 Å². The largest absolute Gasteiger partial charge is 0.393 e. The summed E-state index contributed by atoms with van der Waals surface area (Å²) in [7, 11) is 0. The van der Waals surface area contributed by atoms with Crippen LogP contribution >= 0.6 is 0 Å². The average Bonchev–Trinajstić information content (AvgIpc) is 2.60. The van der Waals surface area contributed by atoms with E-state index in [1.165, 1.54) is 16.7 Å². The molecule has 0 fully saturated rings. The molecule has 2 aromatic carbocycles. The minimum Gasteiger partial charge on any atom is -0.393 e. The highest BCUT2D eigenvalue weighted by Gasteiger charge is 2.24. The van der Waals surface area contributed by atoms with Crippen molar-refractivity contribution in [3.8, 4) is 0 Å². The molecule has 3 rings (SSSR count). The Bertz CT molecular complexity index is 518. The molecule has 0 spiro atoms. The Labute approximate surface area is 108 Å². The summed E-state index contributed by atoms with van der Waals surface area (Å²) in [6.45, 7) is 0. The lowest BCUT2D eigenvalue weighted by Gasteiger charge is -2.19. The molecule has 2 atom stereocenters. The fourth-order valence-corrected chi connectivity index (χ4v) is 2.94. The molecular weight excluding hydrogens is 220 g/mol. The third kappa shape index (κ3) is 2.19. The molecule has 1 aliphatic carbocycles. The maximum Gasteiger partial charge on any atom is 0.0552 e. The maximum atomic E-state index is 10.1. The van der Waals surface area contributed by atoms with Gasteiger partial charge in [0, 0.05) is 5.92 Å². The summed E-state index contributed by atoms with van der Waals surface area (Å²) in [4.78, 5) is 0. The third-order valence-electron chi connectivity index (χ3n) is 3.89. The number of hydrogen-bond donors (Lipinski definition) is 1. The van der Waals surface area contributed by atoms with Crippen molar-refractivity contribution in [1.82, 2.24) is 0 Å². The van der Waals surface area contributed by atoms with Crippen LogP contribution in [0.2, 0.25) is 0 Å². The Morgan fingerprint density at radius 2 is 1.61 bits per heavy atom. The minimum atomic E-state index is -0.192. The van der Waals surface area contributed by atoms with Crippen LogP contribution in [0.15, 0.2) is 54.6 Å². The summed E-state index contributed by atoms with van der Waals surface area (Å²) >= 11 is 0. The van der Waals surface area contributed by atoms with Gasteiger partial charge in [0.25, 0.3) is 0 Å². The molecule has 92 valence electrons. The highest BCUT2D eigenvalue weighted by atomic mass is 16.3. The summed E-state index contributed by atoms with van der Waals surface area (Å²) in [5.41, 5.74) is 4.09. The molecule has 0 bridgehead atoms. The first-order valence-corrected chi connectivity index (χ1v) is 6.65. The quantitative estimate of drug-likeness (QED) is 0.754. The molecule has 0 heterocycles. The molecule has 1 nitrogen and oxygen atoms in total. The Morgan fingerprint density at radius 1 is 0.889 bits per heavy atom. The SMILES string of the molecule is O[C@H]1CCc2ccccc2[C@@H](c2ccccc2)C1. The van der Waals surface area contributed by atoms with Crippen molar-refractivity contribution in [2.75, 3.05) is 0 Å². The van der Waals surface area contributed by atoms with Crippen LogP contribution in [0.5, 0.6) is 0 Å². The van der Waals surface area contributed by atoms with Crippen molar-refractivity contribution in [2.45, 2.75) is 31.3 Å². The molecule has 1 N–H and O–H groups in total. The molecule has 0 aliphatic heterocycles. The Balaban J connectivity index is 2.07. The fourth-order valence-electron chi connectivity index (χ4n) is 2.94. The van der Waals surface area contributed by atoms with Gasteiger partial charge in [0.2, 0.25) is 0 Å². The van der Waals surface area contributed by atoms with Gasteiger partial charge in [0.1, 0.15) is 0 Å². The third-order valence-corrected chi connectivity index (χ3v) is 3.89. The van der Waals surface area contributed by atoms with E-state index in [0.29, 0.717) is 5.92 Å². The molecular formula is C17H18O. The standard InChI is InChI=1S/C17H18O/c18-15-11-10-14-8-4-5-9-16(14)17(12-15)13-6-2-1-3-7-13/h1-9,15,17-18H,10-12H2/t15-,17+/m0/s1. The van der Waals surface area contributed by atoms with Gasteiger partial charge in [-0.15, -0.1) is 0 Å². The first kappa shape index (κ1) is 11.5. The van der Waals surface area contributed by atoms with Gasteiger partial charge >= 0.3 is 0 Å². The van der Waals surface area contributed by atoms with Gasteiger partial charge in [0.15, 0.2) is 0 Å². The second-order valence-electron chi connectivity index (χ2n) is 5.09. The van der Waals surface area contributed by atoms with Gasteiger partial charge in [-0.25, -0.2) is 0 Å². The van der Waals surface area contributed by atoms with Crippen molar-refractivity contribution in [2.24, 2.45) is 0 Å². The highest BCUT2D eigenvalue weighted by Crippen LogP contribution is 2.35. The Morgan fingerprint density at radius 3 is 2.44 bits per heavy atom. The zero-order valence-electron chi connectivity index (χ0n) is 10.4. The molecule has 1 heteroatoms. The second-order valence-corrected chi connectivity index (χ2v) is 5.09. The van der Waals surface area contributed by atoms with Crippen molar-refractivity contribution in [3.63, 3.8) is 0 Å². The van der Waals surface area contributed by atoms with Gasteiger partial charge in [-0.1, -0.05) is 54.6 Å². The normalized spacial score (nSPS) is 23.2. The van der Waals surface area contributed by atoms with E-state index in [-0.39, 0.29) is 6.10 Å².